The summed E-state index contributed by atoms with van der Waals surface area (Å²) in [5.41, 5.74) is 10.7. The Bertz CT molecular complexity index is 1800. The average Bonchev–Trinajstić information content (AvgIpc) is 3.85. The van der Waals surface area contributed by atoms with Gasteiger partial charge >= 0.3 is 0 Å². The summed E-state index contributed by atoms with van der Waals surface area (Å²) >= 11 is 0. The van der Waals surface area contributed by atoms with Gasteiger partial charge in [0.15, 0.2) is 5.82 Å². The third-order valence-corrected chi connectivity index (χ3v) is 8.13. The van der Waals surface area contributed by atoms with Gasteiger partial charge in [-0.25, -0.2) is 15.0 Å². The normalized spacial score (nSPS) is 16.1. The number of fused-ring (bicyclic) bond motifs is 1. The fourth-order valence-corrected chi connectivity index (χ4v) is 5.72. The number of nitrogens with two attached hydrogens (primary N) is 1. The molecule has 2 aliphatic heterocycles. The summed E-state index contributed by atoms with van der Waals surface area (Å²) in [6.45, 7) is 8.77. The molecule has 0 aliphatic carbocycles. The first-order valence-electron chi connectivity index (χ1n) is 15.3. The number of aromatic amines is 2. The highest BCUT2D eigenvalue weighted by Gasteiger charge is 2.21. The number of likely N-dealkylation sites (tertiary alicyclic amines) is 1. The number of para-hydroxylation sites is 1. The number of carbonyl (C=O) groups is 1. The number of hydrogen-bond donors (Lipinski definition) is 5. The zero-order valence-corrected chi connectivity index (χ0v) is 26.4. The van der Waals surface area contributed by atoms with Gasteiger partial charge in [-0.05, 0) is 57.3 Å². The van der Waals surface area contributed by atoms with Gasteiger partial charge < -0.3 is 31.0 Å². The molecule has 1 aromatic carbocycles. The van der Waals surface area contributed by atoms with Gasteiger partial charge in [0.05, 0.1) is 23.6 Å². The van der Waals surface area contributed by atoms with E-state index in [2.05, 4.69) is 72.3 Å². The molecular formula is C32H41N11O3. The molecule has 6 N–H and O–H groups in total. The fraction of sp³-hybridized carbons (Fsp3) is 0.375. The van der Waals surface area contributed by atoms with E-state index in [1.54, 1.807) is 0 Å². The Balaban J connectivity index is 0.000000216. The predicted molar refractivity (Wildman–Crippen MR) is 178 cm³/mol. The minimum atomic E-state index is -0.291. The van der Waals surface area contributed by atoms with E-state index in [0.29, 0.717) is 18.3 Å². The Morgan fingerprint density at radius 3 is 2.59 bits per heavy atom. The molecule has 14 heteroatoms. The van der Waals surface area contributed by atoms with Crippen LogP contribution in [-0.4, -0.2) is 83.4 Å². The Morgan fingerprint density at radius 2 is 1.91 bits per heavy atom. The van der Waals surface area contributed by atoms with Gasteiger partial charge in [-0.1, -0.05) is 18.2 Å². The maximum atomic E-state index is 10.9. The second-order valence-electron chi connectivity index (χ2n) is 11.5. The molecule has 0 radical (unpaired) electrons. The standard InChI is InChI=1S/C23H27N7.C8H11N3O2.CH3NO/c1-15-12-25-23(26-20-11-16(2)29(3)28-20)27-21(15)19-13-24-22-17(7-6-8-18(19)22)14-30-9-4-5-10-30;12-6-1-2-11(4-6)7-3-8(13)10-5-9-7;2-1-3/h6-8,11-13,24H,4-5,9-10,14H2,1-3H3,(H,25,26,27,28);3,5-6,12H,1-2,4H2,(H,9,10,13);1H,(H2,2,3). The van der Waals surface area contributed by atoms with Crippen LogP contribution in [0, 0.1) is 13.8 Å². The van der Waals surface area contributed by atoms with Crippen LogP contribution in [0.25, 0.3) is 22.2 Å². The molecule has 0 bridgehead atoms. The van der Waals surface area contributed by atoms with Crippen LogP contribution < -0.4 is 21.5 Å². The summed E-state index contributed by atoms with van der Waals surface area (Å²) in [5.74, 6) is 1.94. The first-order chi connectivity index (χ1) is 22.2. The molecule has 7 rings (SSSR count). The topological polar surface area (TPSA) is 187 Å². The van der Waals surface area contributed by atoms with Crippen molar-refractivity contribution in [2.75, 3.05) is 36.4 Å². The molecule has 242 valence electrons. The van der Waals surface area contributed by atoms with Crippen LogP contribution in [0.15, 0.2) is 53.8 Å². The molecule has 2 saturated heterocycles. The molecule has 1 amide bonds. The number of aliphatic hydroxyl groups excluding tert-OH is 1. The van der Waals surface area contributed by atoms with Crippen molar-refractivity contribution < 1.29 is 9.90 Å². The van der Waals surface area contributed by atoms with Crippen LogP contribution in [0.2, 0.25) is 0 Å². The fourth-order valence-electron chi connectivity index (χ4n) is 5.72. The third kappa shape index (κ3) is 7.76. The lowest BCUT2D eigenvalue weighted by molar-refractivity contribution is -0.106. The van der Waals surface area contributed by atoms with Crippen LogP contribution in [0.5, 0.6) is 0 Å². The molecule has 0 saturated carbocycles. The summed E-state index contributed by atoms with van der Waals surface area (Å²) < 4.78 is 1.83. The van der Waals surface area contributed by atoms with E-state index in [-0.39, 0.29) is 18.1 Å². The number of hydrogen-bond acceptors (Lipinski definition) is 10. The average molecular weight is 628 g/mol. The minimum Gasteiger partial charge on any atom is -0.391 e. The number of nitrogens with zero attached hydrogens (tertiary/aromatic N) is 7. The number of amides is 1. The number of rotatable bonds is 6. The molecule has 1 unspecified atom stereocenters. The van der Waals surface area contributed by atoms with Crippen LogP contribution in [0.3, 0.4) is 0 Å². The number of H-pyrrole nitrogens is 2. The van der Waals surface area contributed by atoms with Gasteiger partial charge in [0.1, 0.15) is 5.82 Å². The molecule has 14 nitrogen and oxygen atoms in total. The summed E-state index contributed by atoms with van der Waals surface area (Å²) in [6, 6.07) is 9.98. The van der Waals surface area contributed by atoms with Gasteiger partial charge in [-0.15, -0.1) is 0 Å². The first-order valence-corrected chi connectivity index (χ1v) is 15.3. The second-order valence-corrected chi connectivity index (χ2v) is 11.5. The van der Waals surface area contributed by atoms with E-state index in [1.807, 2.05) is 35.8 Å². The lowest BCUT2D eigenvalue weighted by Gasteiger charge is -2.15. The molecule has 2 fully saturated rings. The minimum absolute atomic E-state index is 0.161. The van der Waals surface area contributed by atoms with Crippen molar-refractivity contribution in [1.82, 2.24) is 39.6 Å². The SMILES string of the molecule is Cc1cnc(Nc2cc(C)n(C)n2)nc1-c1c[nH]c2c(CN3CCCC3)cccc12.NC=O.O=c1cc(N2CCC(O)C2)nc[nH]1. The molecule has 2 aliphatic rings. The lowest BCUT2D eigenvalue weighted by Crippen LogP contribution is -2.23. The van der Waals surface area contributed by atoms with E-state index in [1.165, 1.54) is 54.8 Å². The zero-order chi connectivity index (χ0) is 32.6. The quantitative estimate of drug-likeness (QED) is 0.175. The van der Waals surface area contributed by atoms with Crippen molar-refractivity contribution in [2.24, 2.45) is 12.8 Å². The molecule has 46 heavy (non-hydrogen) atoms. The number of anilines is 3. The number of β-amino-alcohol motifs (C(OH)–C–C–N with tert-alkyl or cyclic N) is 1. The number of primary amides is 1. The number of benzene rings is 1. The van der Waals surface area contributed by atoms with Crippen LogP contribution >= 0.6 is 0 Å². The van der Waals surface area contributed by atoms with Crippen molar-refractivity contribution in [2.45, 2.75) is 45.8 Å². The lowest BCUT2D eigenvalue weighted by atomic mass is 10.0. The van der Waals surface area contributed by atoms with Crippen LogP contribution in [0.1, 0.15) is 36.1 Å². The summed E-state index contributed by atoms with van der Waals surface area (Å²) in [7, 11) is 1.92. The zero-order valence-electron chi connectivity index (χ0n) is 26.4. The summed E-state index contributed by atoms with van der Waals surface area (Å²) in [6.07, 6.45) is 8.63. The molecule has 4 aromatic heterocycles. The number of aromatic nitrogens is 7. The maximum Gasteiger partial charge on any atom is 0.252 e. The van der Waals surface area contributed by atoms with Gasteiger partial charge in [0.2, 0.25) is 12.4 Å². The Labute approximate surface area is 266 Å². The molecule has 6 heterocycles. The van der Waals surface area contributed by atoms with Gasteiger partial charge in [-0.3, -0.25) is 19.2 Å². The highest BCUT2D eigenvalue weighted by Crippen LogP contribution is 2.32. The van der Waals surface area contributed by atoms with Gasteiger partial charge in [0.25, 0.3) is 5.56 Å². The van der Waals surface area contributed by atoms with E-state index in [4.69, 9.17) is 9.78 Å². The monoisotopic (exact) mass is 627 g/mol. The largest absolute Gasteiger partial charge is 0.391 e. The molecule has 1 atom stereocenters. The van der Waals surface area contributed by atoms with Gasteiger partial charge in [-0.2, -0.15) is 5.10 Å². The van der Waals surface area contributed by atoms with Crippen molar-refractivity contribution >= 4 is 34.9 Å². The smallest absolute Gasteiger partial charge is 0.252 e. The van der Waals surface area contributed by atoms with E-state index < -0.39 is 0 Å². The second kappa shape index (κ2) is 14.8. The predicted octanol–water partition coefficient (Wildman–Crippen LogP) is 2.76. The first kappa shape index (κ1) is 32.3. The van der Waals surface area contributed by atoms with Crippen molar-refractivity contribution in [3.05, 3.63) is 76.2 Å². The van der Waals surface area contributed by atoms with Crippen molar-refractivity contribution in [1.29, 1.82) is 0 Å². The van der Waals surface area contributed by atoms with Gasteiger partial charge in [0, 0.05) is 67.9 Å². The van der Waals surface area contributed by atoms with Crippen molar-refractivity contribution in [3.8, 4) is 11.3 Å². The van der Waals surface area contributed by atoms with E-state index in [9.17, 15) is 9.90 Å². The number of aryl methyl sites for hydroxylation is 3. The summed E-state index contributed by atoms with van der Waals surface area (Å²) in [4.78, 5) is 43.2. The maximum absolute atomic E-state index is 10.9. The number of nitrogens with one attached hydrogen (secondary N) is 3. The third-order valence-electron chi connectivity index (χ3n) is 8.13. The van der Waals surface area contributed by atoms with Crippen LogP contribution in [0.4, 0.5) is 17.6 Å². The van der Waals surface area contributed by atoms with Crippen LogP contribution in [-0.2, 0) is 18.4 Å². The van der Waals surface area contributed by atoms with E-state index in [0.717, 1.165) is 47.8 Å². The van der Waals surface area contributed by atoms with Crippen molar-refractivity contribution in [3.63, 3.8) is 0 Å². The highest BCUT2D eigenvalue weighted by molar-refractivity contribution is 5.97. The molecular weight excluding hydrogens is 586 g/mol. The highest BCUT2D eigenvalue weighted by atomic mass is 16.3. The summed E-state index contributed by atoms with van der Waals surface area (Å²) in [5, 5.41) is 18.2. The molecule has 5 aromatic rings. The number of carbonyl (C=O) groups excluding carboxylic acids is 1. The van der Waals surface area contributed by atoms with E-state index >= 15 is 0 Å². The molecule has 0 spiro atoms. The number of aliphatic hydroxyl groups is 1. The Hall–Kier alpha value is -5.08. The Kier molecular flexibility index (Phi) is 10.4. The Morgan fingerprint density at radius 1 is 1.13 bits per heavy atom.